The Kier molecular flexibility index (Phi) is 11.9. The average Bonchev–Trinajstić information content (AvgIpc) is 3.21. The summed E-state index contributed by atoms with van der Waals surface area (Å²) >= 11 is 0.773. The fourth-order valence-corrected chi connectivity index (χ4v) is 6.08. The standard InChI is InChI=1S/C28H12BF10.3ClH.Zr/c1-11-10-13-8-5-9-14(12-6-3-2-4-7-12)15(13)16(11)29(17-19(30)23(34)27(38)24(35)20(17)31)18-21(32)25(36)28(39)26(37)22(18)33;;;;/h2-10H,1H3;3*1H;. The Morgan fingerprint density at radius 3 is 1.35 bits per heavy atom. The third-order valence-corrected chi connectivity index (χ3v) is 8.80. The van der Waals surface area contributed by atoms with Gasteiger partial charge in [-0.3, -0.25) is 0 Å². The van der Waals surface area contributed by atoms with Crippen molar-refractivity contribution in [1.82, 2.24) is 0 Å². The molecule has 5 rings (SSSR count). The Morgan fingerprint density at radius 1 is 0.535 bits per heavy atom. The molecule has 43 heavy (non-hydrogen) atoms. The normalized spacial score (nSPS) is 13.6. The van der Waals surface area contributed by atoms with Crippen molar-refractivity contribution in [2.75, 3.05) is 0 Å². The van der Waals surface area contributed by atoms with E-state index in [0.29, 0.717) is 16.7 Å². The maximum atomic E-state index is 15.3. The Morgan fingerprint density at radius 2 is 0.930 bits per heavy atom. The van der Waals surface area contributed by atoms with Gasteiger partial charge in [0.25, 0.3) is 0 Å². The number of benzene rings is 4. The van der Waals surface area contributed by atoms with Crippen LogP contribution < -0.4 is 10.9 Å². The molecule has 4 aromatic rings. The molecule has 1 unspecified atom stereocenters. The minimum atomic E-state index is -2.61. The van der Waals surface area contributed by atoms with Crippen molar-refractivity contribution in [2.45, 2.75) is 10.5 Å². The van der Waals surface area contributed by atoms with E-state index in [-0.39, 0.29) is 53.8 Å². The zero-order valence-electron chi connectivity index (χ0n) is 21.3. The van der Waals surface area contributed by atoms with Crippen LogP contribution in [0.2, 0.25) is 0 Å². The first-order valence-corrected chi connectivity index (χ1v) is 12.9. The van der Waals surface area contributed by atoms with Crippen molar-refractivity contribution >= 4 is 60.3 Å². The van der Waals surface area contributed by atoms with Gasteiger partial charge < -0.3 is 0 Å². The minimum absolute atomic E-state index is 0. The molecule has 0 amide bonds. The molecule has 225 valence electrons. The Balaban J connectivity index is 0.00000215. The number of halogens is 13. The van der Waals surface area contributed by atoms with E-state index in [1.54, 1.807) is 48.5 Å². The van der Waals surface area contributed by atoms with Crippen LogP contribution in [0, 0.1) is 58.2 Å². The topological polar surface area (TPSA) is 0 Å². The summed E-state index contributed by atoms with van der Waals surface area (Å²) < 4.78 is 146. The summed E-state index contributed by atoms with van der Waals surface area (Å²) in [7, 11) is 0. The molecule has 1 atom stereocenters. The van der Waals surface area contributed by atoms with E-state index in [1.807, 2.05) is 0 Å². The molecule has 0 nitrogen and oxygen atoms in total. The summed E-state index contributed by atoms with van der Waals surface area (Å²) in [6.07, 6.45) is 0. The van der Waals surface area contributed by atoms with Crippen molar-refractivity contribution in [3.63, 3.8) is 0 Å². The second-order valence-electron chi connectivity index (χ2n) is 9.07. The summed E-state index contributed by atoms with van der Waals surface area (Å²) in [6.45, 7) is -1.20. The first-order chi connectivity index (χ1) is 18.9. The van der Waals surface area contributed by atoms with Crippen LogP contribution in [0.15, 0.2) is 54.1 Å². The van der Waals surface area contributed by atoms with Crippen LogP contribution >= 0.6 is 37.2 Å². The fraction of sp³-hybridized carbons (Fsp3) is 0.0714. The van der Waals surface area contributed by atoms with E-state index in [1.165, 1.54) is 6.92 Å². The van der Waals surface area contributed by atoms with E-state index in [4.69, 9.17) is 0 Å². The van der Waals surface area contributed by atoms with Crippen molar-refractivity contribution in [2.24, 2.45) is 0 Å². The molecular weight excluding hydrogens is 735 g/mol. The molecule has 0 aliphatic heterocycles. The summed E-state index contributed by atoms with van der Waals surface area (Å²) in [4.78, 5) is 0. The zero-order chi connectivity index (χ0) is 29.2. The Hall–Kier alpha value is -2.26. The van der Waals surface area contributed by atoms with Crippen LogP contribution in [0.4, 0.5) is 43.9 Å². The van der Waals surface area contributed by atoms with Gasteiger partial charge in [-0.15, -0.1) is 37.2 Å². The molecule has 15 heteroatoms. The molecule has 4 aromatic carbocycles. The number of rotatable bonds is 4. The van der Waals surface area contributed by atoms with Crippen molar-refractivity contribution in [3.8, 4) is 11.1 Å². The van der Waals surface area contributed by atoms with Crippen LogP contribution in [0.5, 0.6) is 0 Å². The van der Waals surface area contributed by atoms with Gasteiger partial charge in [0.2, 0.25) is 0 Å². The summed E-state index contributed by atoms with van der Waals surface area (Å²) in [5.41, 5.74) is -2.12. The zero-order valence-corrected chi connectivity index (χ0v) is 26.2. The van der Waals surface area contributed by atoms with Crippen LogP contribution in [0.25, 0.3) is 16.6 Å². The molecule has 1 aliphatic rings. The quantitative estimate of drug-likeness (QED) is 0.0855. The summed E-state index contributed by atoms with van der Waals surface area (Å²) in [5.74, 6) is -24.7. The van der Waals surface area contributed by atoms with Gasteiger partial charge in [0, 0.05) is 0 Å². The van der Waals surface area contributed by atoms with Crippen molar-refractivity contribution in [1.29, 1.82) is 0 Å². The van der Waals surface area contributed by atoms with Crippen LogP contribution in [-0.2, 0) is 24.7 Å². The Labute approximate surface area is 272 Å². The molecule has 0 fully saturated rings. The van der Waals surface area contributed by atoms with Gasteiger partial charge in [-0.05, 0) is 0 Å². The van der Waals surface area contributed by atoms with Gasteiger partial charge in [-0.2, -0.15) is 0 Å². The van der Waals surface area contributed by atoms with E-state index >= 15 is 17.6 Å². The number of hydrogen-bond acceptors (Lipinski definition) is 0. The first kappa shape index (κ1) is 36.9. The second kappa shape index (κ2) is 13.8. The Bertz CT molecular complexity index is 1620. The smallest absolute Gasteiger partial charge is 0.147 e. The largest absolute Gasteiger partial charge is 0.147 e. The van der Waals surface area contributed by atoms with Gasteiger partial charge >= 0.3 is 237 Å². The first-order valence-electron chi connectivity index (χ1n) is 11.5. The van der Waals surface area contributed by atoms with Gasteiger partial charge in [0.15, 0.2) is 0 Å². The van der Waals surface area contributed by atoms with Gasteiger partial charge in [0.1, 0.15) is 0 Å². The third kappa shape index (κ3) is 5.69. The van der Waals surface area contributed by atoms with Gasteiger partial charge in [0.05, 0.1) is 0 Å². The summed E-state index contributed by atoms with van der Waals surface area (Å²) in [5, 5.41) is 0. The van der Waals surface area contributed by atoms with Crippen molar-refractivity contribution in [3.05, 3.63) is 123 Å². The molecule has 0 radical (unpaired) electrons. The van der Waals surface area contributed by atoms with Crippen molar-refractivity contribution < 1.29 is 68.6 Å². The monoisotopic (exact) mass is 747 g/mol. The predicted octanol–water partition coefficient (Wildman–Crippen LogP) is 8.23. The maximum Gasteiger partial charge on any atom is -0.147 e. The number of fused-ring (bicyclic) bond motifs is 1. The average molecular weight is 750 g/mol. The minimum Gasteiger partial charge on any atom is -0.147 e. The molecule has 0 saturated carbocycles. The van der Waals surface area contributed by atoms with Crippen LogP contribution in [0.1, 0.15) is 21.7 Å². The van der Waals surface area contributed by atoms with E-state index in [9.17, 15) is 26.3 Å². The molecule has 0 spiro atoms. The maximum absolute atomic E-state index is 15.3. The SMILES string of the molecule is CC1=C(B(c2c(F)c(F)c(F)c(F)c2F)c2c(F)c(F)c(F)c(F)c2F)c2c(-c3ccccc3)cccc2[CH]1[Zr].Cl.Cl.Cl. The van der Waals surface area contributed by atoms with Crippen LogP contribution in [-0.4, -0.2) is 6.71 Å². The molecular formula is C28H15BCl3F10Zr. The molecule has 0 N–H and O–H groups in total. The fourth-order valence-electron chi connectivity index (χ4n) is 5.11. The van der Waals surface area contributed by atoms with E-state index in [0.717, 1.165) is 24.7 Å². The molecule has 0 bridgehead atoms. The molecule has 0 heterocycles. The van der Waals surface area contributed by atoms with Gasteiger partial charge in [-0.25, -0.2) is 0 Å². The number of allylic oxidation sites excluding steroid dienone is 1. The summed E-state index contributed by atoms with van der Waals surface area (Å²) in [6, 6.07) is 13.1. The number of hydrogen-bond donors (Lipinski definition) is 0. The third-order valence-electron chi connectivity index (χ3n) is 6.97. The molecule has 1 aliphatic carbocycles. The van der Waals surface area contributed by atoms with E-state index < -0.39 is 79.4 Å². The van der Waals surface area contributed by atoms with Gasteiger partial charge in [-0.1, -0.05) is 0 Å². The second-order valence-corrected chi connectivity index (χ2v) is 10.5. The predicted molar refractivity (Wildman–Crippen MR) is 146 cm³/mol. The van der Waals surface area contributed by atoms with Crippen LogP contribution in [0.3, 0.4) is 0 Å². The molecule has 0 saturated heterocycles. The molecule has 0 aromatic heterocycles. The van der Waals surface area contributed by atoms with E-state index in [2.05, 4.69) is 0 Å².